The molecule has 0 radical (unpaired) electrons. The fraction of sp³-hybridized carbons (Fsp3) is 0.333. The average molecular weight is 558 g/mol. The number of benzene rings is 2. The lowest BCUT2D eigenvalue weighted by atomic mass is 9.68. The number of rotatable bonds is 8. The summed E-state index contributed by atoms with van der Waals surface area (Å²) in [6.45, 7) is 6.75. The molecule has 2 N–H and O–H groups in total. The average Bonchev–Trinajstić information content (AvgIpc) is 3.38. The van der Waals surface area contributed by atoms with Crippen molar-refractivity contribution in [3.63, 3.8) is 0 Å². The lowest BCUT2D eigenvalue weighted by molar-refractivity contribution is -0.118. The third-order valence-electron chi connectivity index (χ3n) is 6.86. The summed E-state index contributed by atoms with van der Waals surface area (Å²) in [5, 5.41) is 19.7. The molecule has 2 aliphatic rings. The zero-order valence-corrected chi connectivity index (χ0v) is 23.9. The fourth-order valence-corrected chi connectivity index (χ4v) is 6.90. The normalized spacial score (nSPS) is 18.7. The largest absolute Gasteiger partial charge is 0.489 e. The van der Waals surface area contributed by atoms with Gasteiger partial charge >= 0.3 is 0 Å². The Hall–Kier alpha value is -3.61. The fourth-order valence-electron chi connectivity index (χ4n) is 5.10. The molecule has 0 amide bonds. The predicted molar refractivity (Wildman–Crippen MR) is 155 cm³/mol. The summed E-state index contributed by atoms with van der Waals surface area (Å²) in [4.78, 5) is 15.5. The monoisotopic (exact) mass is 557 g/mol. The molecular weight excluding hydrogens is 526 g/mol. The number of hydrogen-bond acceptors (Lipinski definition) is 9. The van der Waals surface area contributed by atoms with Gasteiger partial charge in [-0.15, -0.1) is 10.2 Å². The zero-order chi connectivity index (χ0) is 27.6. The number of anilines is 1. The van der Waals surface area contributed by atoms with Crippen LogP contribution in [0.4, 0.5) is 5.13 Å². The summed E-state index contributed by atoms with van der Waals surface area (Å²) in [6, 6.07) is 19.9. The smallest absolute Gasteiger partial charge is 0.219 e. The second-order valence-corrected chi connectivity index (χ2v) is 12.8. The van der Waals surface area contributed by atoms with E-state index in [0.717, 1.165) is 33.3 Å². The molecule has 1 aliphatic heterocycles. The van der Waals surface area contributed by atoms with Crippen LogP contribution in [0, 0.1) is 16.7 Å². The minimum Gasteiger partial charge on any atom is -0.489 e. The molecule has 0 fully saturated rings. The van der Waals surface area contributed by atoms with Gasteiger partial charge in [0.15, 0.2) is 10.1 Å². The van der Waals surface area contributed by atoms with E-state index in [1.165, 1.54) is 11.3 Å². The number of nitrogens with zero attached hydrogens (tertiary/aromatic N) is 4. The van der Waals surface area contributed by atoms with Gasteiger partial charge in [-0.3, -0.25) is 9.69 Å². The van der Waals surface area contributed by atoms with Gasteiger partial charge in [-0.05, 0) is 41.5 Å². The van der Waals surface area contributed by atoms with Crippen LogP contribution in [0.15, 0.2) is 81.6 Å². The molecule has 1 unspecified atom stereocenters. The number of allylic oxidation sites excluding steroid dienone is 3. The summed E-state index contributed by atoms with van der Waals surface area (Å²) in [5.41, 5.74) is 10.2. The van der Waals surface area contributed by atoms with Crippen molar-refractivity contribution in [2.45, 2.75) is 56.9 Å². The van der Waals surface area contributed by atoms with Crippen LogP contribution in [-0.2, 0) is 11.4 Å². The van der Waals surface area contributed by atoms with Gasteiger partial charge in [0, 0.05) is 23.4 Å². The van der Waals surface area contributed by atoms with Crippen molar-refractivity contribution < 1.29 is 9.53 Å². The van der Waals surface area contributed by atoms with Gasteiger partial charge in [-0.25, -0.2) is 0 Å². The molecule has 1 aliphatic carbocycles. The minimum absolute atomic E-state index is 0.0333. The van der Waals surface area contributed by atoms with Gasteiger partial charge in [0.25, 0.3) is 0 Å². The summed E-state index contributed by atoms with van der Waals surface area (Å²) in [5.74, 6) is 1.45. The third-order valence-corrected chi connectivity index (χ3v) is 9.11. The van der Waals surface area contributed by atoms with Crippen LogP contribution in [0.1, 0.15) is 57.1 Å². The molecule has 39 heavy (non-hydrogen) atoms. The minimum atomic E-state index is -0.546. The van der Waals surface area contributed by atoms with E-state index < -0.39 is 5.92 Å². The zero-order valence-electron chi connectivity index (χ0n) is 22.3. The number of Topliss-reactive ketones (excluding diaryl/α,β-unsaturated/α-hetero) is 1. The maximum absolute atomic E-state index is 13.7. The Morgan fingerprint density at radius 2 is 1.90 bits per heavy atom. The van der Waals surface area contributed by atoms with Crippen LogP contribution in [0.25, 0.3) is 0 Å². The quantitative estimate of drug-likeness (QED) is 0.311. The van der Waals surface area contributed by atoms with Crippen molar-refractivity contribution >= 4 is 34.0 Å². The second-order valence-electron chi connectivity index (χ2n) is 10.5. The Bertz CT molecular complexity index is 1470. The first-order chi connectivity index (χ1) is 18.8. The number of nitriles is 1. The van der Waals surface area contributed by atoms with E-state index >= 15 is 0 Å². The maximum Gasteiger partial charge on any atom is 0.219 e. The van der Waals surface area contributed by atoms with E-state index in [1.54, 1.807) is 16.7 Å². The van der Waals surface area contributed by atoms with Crippen LogP contribution >= 0.6 is 23.1 Å². The second kappa shape index (κ2) is 11.2. The number of thioether (sulfide) groups is 1. The number of hydrogen-bond donors (Lipinski definition) is 1. The van der Waals surface area contributed by atoms with E-state index in [9.17, 15) is 10.1 Å². The van der Waals surface area contributed by atoms with Crippen molar-refractivity contribution in [3.8, 4) is 11.8 Å². The Labute approximate surface area is 237 Å². The van der Waals surface area contributed by atoms with Crippen molar-refractivity contribution in [2.24, 2.45) is 11.1 Å². The van der Waals surface area contributed by atoms with Crippen molar-refractivity contribution in [2.75, 3.05) is 10.7 Å². The van der Waals surface area contributed by atoms with Crippen molar-refractivity contribution in [1.82, 2.24) is 10.2 Å². The van der Waals surface area contributed by atoms with Crippen LogP contribution in [0.5, 0.6) is 5.75 Å². The number of carbonyl (C=O) groups excluding carboxylic acids is 1. The Morgan fingerprint density at radius 1 is 1.15 bits per heavy atom. The Morgan fingerprint density at radius 3 is 2.59 bits per heavy atom. The molecule has 7 nitrogen and oxygen atoms in total. The van der Waals surface area contributed by atoms with Gasteiger partial charge in [-0.1, -0.05) is 86.3 Å². The number of carbonyl (C=O) groups is 1. The molecule has 2 aromatic carbocycles. The standard InChI is InChI=1S/C30H31N5O2S2/c1-4-14-38-29-34-33-28(39-29)35-23-15-30(2,3)16-24(36)26(23)25(22(17-31)27(35)32)20-10-12-21(13-11-20)37-18-19-8-6-5-7-9-19/h5-13,25H,4,14-16,18,32H2,1-3H3. The number of ketones is 1. The third kappa shape index (κ3) is 5.58. The highest BCUT2D eigenvalue weighted by Crippen LogP contribution is 2.50. The van der Waals surface area contributed by atoms with E-state index in [2.05, 4.69) is 37.0 Å². The molecule has 1 atom stereocenters. The molecule has 0 bridgehead atoms. The molecule has 0 saturated carbocycles. The van der Waals surface area contributed by atoms with Crippen LogP contribution < -0.4 is 15.4 Å². The van der Waals surface area contributed by atoms with E-state index in [4.69, 9.17) is 10.5 Å². The summed E-state index contributed by atoms with van der Waals surface area (Å²) >= 11 is 3.08. The maximum atomic E-state index is 13.7. The van der Waals surface area contributed by atoms with E-state index in [0.29, 0.717) is 47.3 Å². The molecule has 3 aromatic rings. The van der Waals surface area contributed by atoms with Gasteiger partial charge in [0.05, 0.1) is 17.6 Å². The van der Waals surface area contributed by atoms with Crippen LogP contribution in [0.3, 0.4) is 0 Å². The number of aromatic nitrogens is 2. The molecule has 0 saturated heterocycles. The number of nitrogens with two attached hydrogens (primary N) is 1. The summed E-state index contributed by atoms with van der Waals surface area (Å²) in [7, 11) is 0. The van der Waals surface area contributed by atoms with Gasteiger partial charge in [0.2, 0.25) is 5.13 Å². The van der Waals surface area contributed by atoms with Crippen molar-refractivity contribution in [3.05, 3.63) is 88.4 Å². The molecule has 5 rings (SSSR count). The molecule has 2 heterocycles. The molecule has 200 valence electrons. The van der Waals surface area contributed by atoms with Crippen molar-refractivity contribution in [1.29, 1.82) is 5.26 Å². The molecule has 0 spiro atoms. The first-order valence-corrected chi connectivity index (χ1v) is 14.8. The summed E-state index contributed by atoms with van der Waals surface area (Å²) in [6.07, 6.45) is 2.07. The van der Waals surface area contributed by atoms with Gasteiger partial charge in [0.1, 0.15) is 18.2 Å². The van der Waals surface area contributed by atoms with Gasteiger partial charge in [-0.2, -0.15) is 5.26 Å². The SMILES string of the molecule is CCCSc1nnc(N2C(N)=C(C#N)C(c3ccc(OCc4ccccc4)cc3)C3=C2CC(C)(C)CC3=O)s1. The van der Waals surface area contributed by atoms with Crippen LogP contribution in [-0.4, -0.2) is 21.7 Å². The lowest BCUT2D eigenvalue weighted by Gasteiger charge is -2.42. The predicted octanol–water partition coefficient (Wildman–Crippen LogP) is 6.56. The van der Waals surface area contributed by atoms with Gasteiger partial charge < -0.3 is 10.5 Å². The first-order valence-electron chi connectivity index (χ1n) is 13.0. The highest BCUT2D eigenvalue weighted by molar-refractivity contribution is 8.01. The first kappa shape index (κ1) is 27.0. The molecule has 9 heteroatoms. The topological polar surface area (TPSA) is 105 Å². The van der Waals surface area contributed by atoms with Crippen LogP contribution in [0.2, 0.25) is 0 Å². The van der Waals surface area contributed by atoms with E-state index in [-0.39, 0.29) is 11.2 Å². The highest BCUT2D eigenvalue weighted by atomic mass is 32.2. The number of ether oxygens (including phenoxy) is 1. The molecule has 1 aromatic heterocycles. The summed E-state index contributed by atoms with van der Waals surface area (Å²) < 4.78 is 6.81. The Balaban J connectivity index is 1.53. The Kier molecular flexibility index (Phi) is 7.78. The lowest BCUT2D eigenvalue weighted by Crippen LogP contribution is -2.42. The highest BCUT2D eigenvalue weighted by Gasteiger charge is 2.45. The van der Waals surface area contributed by atoms with E-state index in [1.807, 2.05) is 54.6 Å². The molecular formula is C30H31N5O2S2.